The summed E-state index contributed by atoms with van der Waals surface area (Å²) in [6.07, 6.45) is 3.23. The van der Waals surface area contributed by atoms with Gasteiger partial charge >= 0.3 is 0 Å². The van der Waals surface area contributed by atoms with E-state index in [2.05, 4.69) is 25.6 Å². The van der Waals surface area contributed by atoms with E-state index in [0.717, 1.165) is 16.8 Å². The summed E-state index contributed by atoms with van der Waals surface area (Å²) in [5.74, 6) is 1.22. The van der Waals surface area contributed by atoms with Crippen molar-refractivity contribution in [1.82, 2.24) is 19.6 Å². The molecule has 0 spiro atoms. The minimum atomic E-state index is 0.522. The van der Waals surface area contributed by atoms with Crippen LogP contribution in [0.25, 0.3) is 17.0 Å². The summed E-state index contributed by atoms with van der Waals surface area (Å²) in [6, 6.07) is 21.7. The van der Waals surface area contributed by atoms with Crippen molar-refractivity contribution in [2.24, 2.45) is 5.10 Å². The molecule has 0 aliphatic carbocycles. The van der Waals surface area contributed by atoms with Gasteiger partial charge in [0.1, 0.15) is 6.33 Å². The SMILES string of the molecule is C(=N/Nc1cc(-c2ccccc2)nc2ncnn12)/c1ccccc1. The highest BCUT2D eigenvalue weighted by molar-refractivity contribution is 5.80. The van der Waals surface area contributed by atoms with E-state index >= 15 is 0 Å². The van der Waals surface area contributed by atoms with Gasteiger partial charge in [0, 0.05) is 11.6 Å². The molecule has 4 aromatic rings. The fourth-order valence-electron chi connectivity index (χ4n) is 2.36. The van der Waals surface area contributed by atoms with Crippen LogP contribution in [-0.2, 0) is 0 Å². The van der Waals surface area contributed by atoms with Crippen LogP contribution in [0.15, 0.2) is 78.2 Å². The number of hydrogen-bond acceptors (Lipinski definition) is 5. The zero-order valence-electron chi connectivity index (χ0n) is 12.7. The monoisotopic (exact) mass is 314 g/mol. The molecule has 4 rings (SSSR count). The van der Waals surface area contributed by atoms with E-state index in [0.29, 0.717) is 11.6 Å². The van der Waals surface area contributed by atoms with Gasteiger partial charge in [-0.1, -0.05) is 60.7 Å². The lowest BCUT2D eigenvalue weighted by Crippen LogP contribution is -2.02. The average molecular weight is 314 g/mol. The van der Waals surface area contributed by atoms with Gasteiger partial charge < -0.3 is 0 Å². The number of anilines is 1. The van der Waals surface area contributed by atoms with Gasteiger partial charge in [-0.25, -0.2) is 4.98 Å². The first-order valence-electron chi connectivity index (χ1n) is 7.50. The van der Waals surface area contributed by atoms with E-state index < -0.39 is 0 Å². The molecule has 6 nitrogen and oxygen atoms in total. The number of fused-ring (bicyclic) bond motifs is 1. The van der Waals surface area contributed by atoms with Crippen molar-refractivity contribution >= 4 is 17.8 Å². The van der Waals surface area contributed by atoms with Gasteiger partial charge in [-0.3, -0.25) is 5.43 Å². The van der Waals surface area contributed by atoms with E-state index in [9.17, 15) is 0 Å². The molecule has 0 amide bonds. The Labute approximate surface area is 138 Å². The Balaban J connectivity index is 1.69. The van der Waals surface area contributed by atoms with Gasteiger partial charge in [-0.05, 0) is 5.56 Å². The first-order valence-corrected chi connectivity index (χ1v) is 7.50. The quantitative estimate of drug-likeness (QED) is 0.464. The molecule has 2 heterocycles. The summed E-state index contributed by atoms with van der Waals surface area (Å²) < 4.78 is 1.62. The van der Waals surface area contributed by atoms with Crippen molar-refractivity contribution in [1.29, 1.82) is 0 Å². The number of rotatable bonds is 4. The zero-order chi connectivity index (χ0) is 16.2. The van der Waals surface area contributed by atoms with Crippen LogP contribution in [0.1, 0.15) is 5.56 Å². The average Bonchev–Trinajstić information content (AvgIpc) is 3.12. The van der Waals surface area contributed by atoms with E-state index in [4.69, 9.17) is 0 Å². The summed E-state index contributed by atoms with van der Waals surface area (Å²) in [5, 5.41) is 8.47. The first kappa shape index (κ1) is 14.1. The predicted octanol–water partition coefficient (Wildman–Crippen LogP) is 3.24. The van der Waals surface area contributed by atoms with Crippen LogP contribution >= 0.6 is 0 Å². The predicted molar refractivity (Wildman–Crippen MR) is 93.9 cm³/mol. The molecule has 0 saturated heterocycles. The summed E-state index contributed by atoms with van der Waals surface area (Å²) in [6.45, 7) is 0. The molecule has 0 atom stereocenters. The summed E-state index contributed by atoms with van der Waals surface area (Å²) in [5.41, 5.74) is 5.86. The summed E-state index contributed by atoms with van der Waals surface area (Å²) in [7, 11) is 0. The second-order valence-electron chi connectivity index (χ2n) is 5.15. The third-order valence-corrected chi connectivity index (χ3v) is 3.51. The molecular formula is C18H14N6. The van der Waals surface area contributed by atoms with Crippen LogP contribution in [-0.4, -0.2) is 25.8 Å². The van der Waals surface area contributed by atoms with Crippen LogP contribution in [0.4, 0.5) is 5.82 Å². The normalized spacial score (nSPS) is 11.2. The van der Waals surface area contributed by atoms with Crippen molar-refractivity contribution in [2.45, 2.75) is 0 Å². The number of hydrazone groups is 1. The highest BCUT2D eigenvalue weighted by atomic mass is 15.4. The minimum absolute atomic E-state index is 0.522. The molecule has 0 saturated carbocycles. The molecule has 6 heteroatoms. The Kier molecular flexibility index (Phi) is 3.69. The maximum absolute atomic E-state index is 4.53. The number of nitrogens with zero attached hydrogens (tertiary/aromatic N) is 5. The van der Waals surface area contributed by atoms with Crippen molar-refractivity contribution in [3.05, 3.63) is 78.6 Å². The van der Waals surface area contributed by atoms with Gasteiger partial charge in [0.05, 0.1) is 11.9 Å². The van der Waals surface area contributed by atoms with E-state index in [1.54, 1.807) is 10.7 Å². The van der Waals surface area contributed by atoms with Gasteiger partial charge in [0.15, 0.2) is 5.82 Å². The number of hydrogen-bond donors (Lipinski definition) is 1. The lowest BCUT2D eigenvalue weighted by molar-refractivity contribution is 0.938. The van der Waals surface area contributed by atoms with Gasteiger partial charge in [-0.15, -0.1) is 0 Å². The van der Waals surface area contributed by atoms with Crippen molar-refractivity contribution in [2.75, 3.05) is 5.43 Å². The Morgan fingerprint density at radius 2 is 1.71 bits per heavy atom. The van der Waals surface area contributed by atoms with Crippen LogP contribution in [0.3, 0.4) is 0 Å². The minimum Gasteiger partial charge on any atom is -0.261 e. The smallest absolute Gasteiger partial charge is 0.254 e. The van der Waals surface area contributed by atoms with Gasteiger partial charge in [0.2, 0.25) is 0 Å². The molecular weight excluding hydrogens is 300 g/mol. The maximum Gasteiger partial charge on any atom is 0.254 e. The van der Waals surface area contributed by atoms with Crippen molar-refractivity contribution < 1.29 is 0 Å². The molecule has 0 unspecified atom stereocenters. The maximum atomic E-state index is 4.53. The molecule has 2 aromatic heterocycles. The molecule has 0 radical (unpaired) electrons. The molecule has 1 N–H and O–H groups in total. The Hall–Kier alpha value is -3.54. The largest absolute Gasteiger partial charge is 0.261 e. The Bertz CT molecular complexity index is 976. The summed E-state index contributed by atoms with van der Waals surface area (Å²) in [4.78, 5) is 8.71. The molecule has 0 bridgehead atoms. The standard InChI is InChI=1S/C18H14N6/c1-3-7-14(8-4-1)12-20-23-17-11-16(15-9-5-2-6-10-15)22-18-19-13-21-24(17)18/h1-13,23H/b20-12-. The van der Waals surface area contributed by atoms with Gasteiger partial charge in [0.25, 0.3) is 5.78 Å². The second-order valence-corrected chi connectivity index (χ2v) is 5.15. The summed E-state index contributed by atoms with van der Waals surface area (Å²) >= 11 is 0. The van der Waals surface area contributed by atoms with Crippen molar-refractivity contribution in [3.63, 3.8) is 0 Å². The van der Waals surface area contributed by atoms with Crippen LogP contribution in [0.2, 0.25) is 0 Å². The fraction of sp³-hybridized carbons (Fsp3) is 0. The first-order chi connectivity index (χ1) is 11.9. The van der Waals surface area contributed by atoms with Crippen molar-refractivity contribution in [3.8, 4) is 11.3 Å². The fourth-order valence-corrected chi connectivity index (χ4v) is 2.36. The van der Waals surface area contributed by atoms with E-state index in [-0.39, 0.29) is 0 Å². The molecule has 0 aliphatic rings. The number of nitrogens with one attached hydrogen (secondary N) is 1. The van der Waals surface area contributed by atoms with E-state index in [1.165, 1.54) is 6.33 Å². The molecule has 24 heavy (non-hydrogen) atoms. The molecule has 2 aromatic carbocycles. The highest BCUT2D eigenvalue weighted by Gasteiger charge is 2.08. The number of benzene rings is 2. The van der Waals surface area contributed by atoms with Crippen LogP contribution in [0.5, 0.6) is 0 Å². The lowest BCUT2D eigenvalue weighted by atomic mass is 10.1. The Morgan fingerprint density at radius 1 is 0.958 bits per heavy atom. The molecule has 0 aliphatic heterocycles. The van der Waals surface area contributed by atoms with E-state index in [1.807, 2.05) is 66.7 Å². The van der Waals surface area contributed by atoms with Gasteiger partial charge in [-0.2, -0.15) is 19.7 Å². The molecule has 0 fully saturated rings. The second kappa shape index (κ2) is 6.29. The van der Waals surface area contributed by atoms with Crippen LogP contribution < -0.4 is 5.43 Å². The zero-order valence-corrected chi connectivity index (χ0v) is 12.7. The van der Waals surface area contributed by atoms with Crippen LogP contribution in [0, 0.1) is 0 Å². The lowest BCUT2D eigenvalue weighted by Gasteiger charge is -2.06. The topological polar surface area (TPSA) is 67.5 Å². The Morgan fingerprint density at radius 3 is 2.50 bits per heavy atom. The third kappa shape index (κ3) is 2.85. The third-order valence-electron chi connectivity index (χ3n) is 3.51. The highest BCUT2D eigenvalue weighted by Crippen LogP contribution is 2.21. The number of aromatic nitrogens is 4. The molecule has 116 valence electrons.